The number of allylic oxidation sites excluding steroid dienone is 24. The molecule has 0 aromatic rings. The standard InChI is InChI=1S/C28H32/c1-2-4-6-8-10-12-14-16-18-20-22-24-26-28-27-25-23-21-19-17-15-13-11-9-7-5-3-1/h1-24H,25-28H2. The molecule has 1 aliphatic carbocycles. The van der Waals surface area contributed by atoms with Crippen LogP contribution in [0.3, 0.4) is 0 Å². The topological polar surface area (TPSA) is 0 Å². The molecule has 0 unspecified atom stereocenters. The fourth-order valence-electron chi connectivity index (χ4n) is 2.16. The van der Waals surface area contributed by atoms with Crippen molar-refractivity contribution < 1.29 is 0 Å². The minimum absolute atomic E-state index is 1.13. The minimum Gasteiger partial charge on any atom is -0.0845 e. The zero-order valence-corrected chi connectivity index (χ0v) is 16.7. The summed E-state index contributed by atoms with van der Waals surface area (Å²) < 4.78 is 0. The van der Waals surface area contributed by atoms with Gasteiger partial charge in [0.1, 0.15) is 0 Å². The van der Waals surface area contributed by atoms with E-state index in [0.29, 0.717) is 0 Å². The first kappa shape index (κ1) is 22.9. The molecule has 0 heteroatoms. The molecule has 0 aromatic carbocycles. The molecule has 0 fully saturated rings. The molecule has 1 rings (SSSR count). The van der Waals surface area contributed by atoms with E-state index in [9.17, 15) is 0 Å². The third-order valence-electron chi connectivity index (χ3n) is 3.60. The van der Waals surface area contributed by atoms with Gasteiger partial charge in [0.25, 0.3) is 0 Å². The van der Waals surface area contributed by atoms with Crippen LogP contribution >= 0.6 is 0 Å². The first-order chi connectivity index (χ1) is 14.0. The lowest BCUT2D eigenvalue weighted by molar-refractivity contribution is 0.762. The molecule has 0 amide bonds. The van der Waals surface area contributed by atoms with E-state index in [2.05, 4.69) is 48.6 Å². The Balaban J connectivity index is 2.55. The summed E-state index contributed by atoms with van der Waals surface area (Å²) in [7, 11) is 0. The van der Waals surface area contributed by atoms with Crippen LogP contribution in [-0.2, 0) is 0 Å². The van der Waals surface area contributed by atoms with Crippen molar-refractivity contribution >= 4 is 0 Å². The zero-order valence-electron chi connectivity index (χ0n) is 16.7. The highest BCUT2D eigenvalue weighted by Crippen LogP contribution is 2.02. The molecule has 0 saturated carbocycles. The summed E-state index contributed by atoms with van der Waals surface area (Å²) in [5.41, 5.74) is 0. The molecule has 28 heavy (non-hydrogen) atoms. The second-order valence-electron chi connectivity index (χ2n) is 5.99. The van der Waals surface area contributed by atoms with Crippen LogP contribution in [0.5, 0.6) is 0 Å². The van der Waals surface area contributed by atoms with Crippen LogP contribution in [0.4, 0.5) is 0 Å². The predicted octanol–water partition coefficient (Wildman–Crippen LogP) is 8.23. The highest BCUT2D eigenvalue weighted by Gasteiger charge is 1.82. The second kappa shape index (κ2) is 20.2. The lowest BCUT2D eigenvalue weighted by Gasteiger charge is -1.91. The Morgan fingerprint density at radius 1 is 0.214 bits per heavy atom. The van der Waals surface area contributed by atoms with Gasteiger partial charge >= 0.3 is 0 Å². The molecule has 0 bridgehead atoms. The van der Waals surface area contributed by atoms with Crippen molar-refractivity contribution in [2.24, 2.45) is 0 Å². The molecular weight excluding hydrogens is 336 g/mol. The van der Waals surface area contributed by atoms with E-state index in [1.807, 2.05) is 97.2 Å². The average Bonchev–Trinajstić information content (AvgIpc) is 2.71. The Bertz CT molecular complexity index is 656. The molecule has 144 valence electrons. The van der Waals surface area contributed by atoms with Crippen LogP contribution in [0.2, 0.25) is 0 Å². The highest BCUT2D eigenvalue weighted by atomic mass is 13.9. The monoisotopic (exact) mass is 368 g/mol. The van der Waals surface area contributed by atoms with Gasteiger partial charge in [-0.1, -0.05) is 146 Å². The van der Waals surface area contributed by atoms with Gasteiger partial charge in [0, 0.05) is 0 Å². The van der Waals surface area contributed by atoms with Crippen molar-refractivity contribution in [3.8, 4) is 0 Å². The summed E-state index contributed by atoms with van der Waals surface area (Å²) >= 11 is 0. The van der Waals surface area contributed by atoms with Crippen LogP contribution in [0.1, 0.15) is 25.7 Å². The molecular formula is C28H32. The van der Waals surface area contributed by atoms with Crippen LogP contribution in [0.15, 0.2) is 146 Å². The molecule has 0 aromatic heterocycles. The van der Waals surface area contributed by atoms with Crippen molar-refractivity contribution in [3.05, 3.63) is 146 Å². The normalized spacial score (nSPS) is 17.1. The van der Waals surface area contributed by atoms with E-state index < -0.39 is 0 Å². The van der Waals surface area contributed by atoms with Crippen molar-refractivity contribution in [3.63, 3.8) is 0 Å². The molecule has 0 aliphatic heterocycles. The van der Waals surface area contributed by atoms with Gasteiger partial charge < -0.3 is 0 Å². The molecule has 1 aliphatic rings. The fraction of sp³-hybridized carbons (Fsp3) is 0.143. The summed E-state index contributed by atoms with van der Waals surface area (Å²) in [6.45, 7) is 0. The first-order valence-corrected chi connectivity index (χ1v) is 9.98. The van der Waals surface area contributed by atoms with Crippen molar-refractivity contribution in [2.45, 2.75) is 25.7 Å². The summed E-state index contributed by atoms with van der Waals surface area (Å²) in [6.07, 6.45) is 54.0. The fourth-order valence-corrected chi connectivity index (χ4v) is 2.16. The molecule has 0 radical (unpaired) electrons. The van der Waals surface area contributed by atoms with Gasteiger partial charge in [-0.2, -0.15) is 0 Å². The van der Waals surface area contributed by atoms with Gasteiger partial charge in [-0.25, -0.2) is 0 Å². The van der Waals surface area contributed by atoms with Crippen molar-refractivity contribution in [1.29, 1.82) is 0 Å². The molecule has 0 heterocycles. The Morgan fingerprint density at radius 2 is 0.393 bits per heavy atom. The van der Waals surface area contributed by atoms with Gasteiger partial charge in [-0.3, -0.25) is 0 Å². The quantitative estimate of drug-likeness (QED) is 0.404. The minimum atomic E-state index is 1.13. The van der Waals surface area contributed by atoms with E-state index in [-0.39, 0.29) is 0 Å². The lowest BCUT2D eigenvalue weighted by Crippen LogP contribution is -1.71. The largest absolute Gasteiger partial charge is 0.0845 e. The maximum atomic E-state index is 2.23. The molecule has 0 atom stereocenters. The van der Waals surface area contributed by atoms with Gasteiger partial charge in [0.2, 0.25) is 0 Å². The van der Waals surface area contributed by atoms with E-state index in [4.69, 9.17) is 0 Å². The van der Waals surface area contributed by atoms with Gasteiger partial charge in [-0.05, 0) is 25.7 Å². The number of rotatable bonds is 0. The second-order valence-corrected chi connectivity index (χ2v) is 5.99. The Kier molecular flexibility index (Phi) is 16.5. The first-order valence-electron chi connectivity index (χ1n) is 9.98. The van der Waals surface area contributed by atoms with E-state index in [1.54, 1.807) is 0 Å². The van der Waals surface area contributed by atoms with Gasteiger partial charge in [-0.15, -0.1) is 0 Å². The maximum Gasteiger partial charge on any atom is -0.0347 e. The average molecular weight is 369 g/mol. The molecule has 0 N–H and O–H groups in total. The third kappa shape index (κ3) is 17.7. The lowest BCUT2D eigenvalue weighted by atomic mass is 10.2. The summed E-state index contributed by atoms with van der Waals surface area (Å²) in [4.78, 5) is 0. The number of hydrogen-bond donors (Lipinski definition) is 0. The van der Waals surface area contributed by atoms with E-state index >= 15 is 0 Å². The molecule has 0 spiro atoms. The van der Waals surface area contributed by atoms with Gasteiger partial charge in [0.15, 0.2) is 0 Å². The maximum absolute atomic E-state index is 2.23. The van der Waals surface area contributed by atoms with E-state index in [0.717, 1.165) is 12.8 Å². The SMILES string of the molecule is C1=CC=CC=CC=CC=CC=CCCCCC=CC=CC=CC=CC=CC=C1. The van der Waals surface area contributed by atoms with Crippen LogP contribution in [0, 0.1) is 0 Å². The third-order valence-corrected chi connectivity index (χ3v) is 3.60. The Morgan fingerprint density at radius 3 is 0.607 bits per heavy atom. The summed E-state index contributed by atoms with van der Waals surface area (Å²) in [6, 6.07) is 0. The van der Waals surface area contributed by atoms with Crippen LogP contribution < -0.4 is 0 Å². The van der Waals surface area contributed by atoms with Crippen molar-refractivity contribution in [2.75, 3.05) is 0 Å². The Labute approximate surface area is 171 Å². The smallest absolute Gasteiger partial charge is 0.0347 e. The van der Waals surface area contributed by atoms with E-state index in [1.165, 1.54) is 12.8 Å². The van der Waals surface area contributed by atoms with Gasteiger partial charge in [0.05, 0.1) is 0 Å². The Hall–Kier alpha value is -3.12. The summed E-state index contributed by atoms with van der Waals surface area (Å²) in [5, 5.41) is 0. The molecule has 0 nitrogen and oxygen atoms in total. The molecule has 0 saturated heterocycles. The predicted molar refractivity (Wildman–Crippen MR) is 128 cm³/mol. The van der Waals surface area contributed by atoms with Crippen molar-refractivity contribution in [1.82, 2.24) is 0 Å². The zero-order chi connectivity index (χ0) is 19.8. The van der Waals surface area contributed by atoms with Crippen LogP contribution in [-0.4, -0.2) is 0 Å². The summed E-state index contributed by atoms with van der Waals surface area (Å²) in [5.74, 6) is 0. The highest BCUT2D eigenvalue weighted by molar-refractivity contribution is 5.23. The van der Waals surface area contributed by atoms with Crippen LogP contribution in [0.25, 0.3) is 0 Å². The number of hydrogen-bond acceptors (Lipinski definition) is 0.